The fraction of sp³-hybridized carbons (Fsp3) is 0.462. The van der Waals surface area contributed by atoms with E-state index >= 15 is 0 Å². The van der Waals surface area contributed by atoms with Crippen molar-refractivity contribution in [3.05, 3.63) is 23.2 Å². The van der Waals surface area contributed by atoms with Crippen LogP contribution >= 0.6 is 11.6 Å². The van der Waals surface area contributed by atoms with Crippen LogP contribution in [0.3, 0.4) is 0 Å². The summed E-state index contributed by atoms with van der Waals surface area (Å²) in [7, 11) is 0. The van der Waals surface area contributed by atoms with Gasteiger partial charge in [-0.15, -0.1) is 0 Å². The second-order valence-electron chi connectivity index (χ2n) is 4.58. The van der Waals surface area contributed by atoms with Crippen molar-refractivity contribution in [1.29, 1.82) is 0 Å². The SMILES string of the molecule is CC(C)Oc1ccc(NC(=O)CNCC(F)(F)F)cc1Cl. The minimum atomic E-state index is -4.35. The highest BCUT2D eigenvalue weighted by atomic mass is 35.5. The zero-order valence-corrected chi connectivity index (χ0v) is 12.3. The Hall–Kier alpha value is -1.47. The third-order valence-electron chi connectivity index (χ3n) is 2.19. The molecular formula is C13H16ClF3N2O2. The molecular weight excluding hydrogens is 309 g/mol. The van der Waals surface area contributed by atoms with Gasteiger partial charge in [0, 0.05) is 5.69 Å². The van der Waals surface area contributed by atoms with Gasteiger partial charge in [-0.1, -0.05) is 11.6 Å². The Labute approximate surface area is 125 Å². The van der Waals surface area contributed by atoms with Gasteiger partial charge in [-0.05, 0) is 32.0 Å². The first-order valence-electron chi connectivity index (χ1n) is 6.21. The molecule has 0 saturated heterocycles. The van der Waals surface area contributed by atoms with Crippen LogP contribution in [0, 0.1) is 0 Å². The summed E-state index contributed by atoms with van der Waals surface area (Å²) < 4.78 is 41.2. The quantitative estimate of drug-likeness (QED) is 0.844. The highest BCUT2D eigenvalue weighted by Gasteiger charge is 2.26. The van der Waals surface area contributed by atoms with Gasteiger partial charge in [0.25, 0.3) is 0 Å². The molecule has 2 N–H and O–H groups in total. The Balaban J connectivity index is 2.51. The highest BCUT2D eigenvalue weighted by molar-refractivity contribution is 6.32. The Morgan fingerprint density at radius 2 is 2.05 bits per heavy atom. The van der Waals surface area contributed by atoms with E-state index in [2.05, 4.69) is 5.32 Å². The van der Waals surface area contributed by atoms with Crippen LogP contribution in [0.1, 0.15) is 13.8 Å². The summed E-state index contributed by atoms with van der Waals surface area (Å²) in [5, 5.41) is 4.75. The second kappa shape index (κ2) is 7.51. The maximum absolute atomic E-state index is 11.9. The average molecular weight is 325 g/mol. The van der Waals surface area contributed by atoms with E-state index in [1.807, 2.05) is 19.2 Å². The number of benzene rings is 1. The Morgan fingerprint density at radius 3 is 2.57 bits per heavy atom. The first-order chi connectivity index (χ1) is 9.67. The Morgan fingerprint density at radius 1 is 1.38 bits per heavy atom. The molecule has 0 atom stereocenters. The number of carbonyl (C=O) groups is 1. The van der Waals surface area contributed by atoms with Crippen molar-refractivity contribution >= 4 is 23.2 Å². The standard InChI is InChI=1S/C13H16ClF3N2O2/c1-8(2)21-11-4-3-9(5-10(11)14)19-12(20)6-18-7-13(15,16)17/h3-5,8,18H,6-7H2,1-2H3,(H,19,20). The fourth-order valence-corrected chi connectivity index (χ4v) is 1.68. The number of carbonyl (C=O) groups excluding carboxylic acids is 1. The molecule has 0 aromatic heterocycles. The summed E-state index contributed by atoms with van der Waals surface area (Å²) in [6.07, 6.45) is -4.39. The molecule has 0 aliphatic carbocycles. The molecule has 21 heavy (non-hydrogen) atoms. The topological polar surface area (TPSA) is 50.4 Å². The van der Waals surface area contributed by atoms with Gasteiger partial charge in [0.2, 0.25) is 5.91 Å². The number of amides is 1. The van der Waals surface area contributed by atoms with Crippen molar-refractivity contribution < 1.29 is 22.7 Å². The van der Waals surface area contributed by atoms with Crippen molar-refractivity contribution in [1.82, 2.24) is 5.32 Å². The molecule has 1 amide bonds. The molecule has 8 heteroatoms. The van der Waals surface area contributed by atoms with E-state index < -0.39 is 25.2 Å². The first-order valence-corrected chi connectivity index (χ1v) is 6.58. The fourth-order valence-electron chi connectivity index (χ4n) is 1.45. The monoisotopic (exact) mass is 324 g/mol. The smallest absolute Gasteiger partial charge is 0.401 e. The number of nitrogens with one attached hydrogen (secondary N) is 2. The molecule has 0 saturated carbocycles. The number of alkyl halides is 3. The van der Waals surface area contributed by atoms with E-state index in [0.717, 1.165) is 0 Å². The summed E-state index contributed by atoms with van der Waals surface area (Å²) in [6.45, 7) is 2.03. The molecule has 0 aliphatic rings. The lowest BCUT2D eigenvalue weighted by Gasteiger charge is -2.13. The lowest BCUT2D eigenvalue weighted by Crippen LogP contribution is -2.35. The van der Waals surface area contributed by atoms with Crippen LogP contribution in [0.25, 0.3) is 0 Å². The summed E-state index contributed by atoms with van der Waals surface area (Å²) in [4.78, 5) is 11.5. The number of anilines is 1. The zero-order valence-electron chi connectivity index (χ0n) is 11.6. The number of ether oxygens (including phenoxy) is 1. The van der Waals surface area contributed by atoms with E-state index in [1.54, 1.807) is 12.1 Å². The van der Waals surface area contributed by atoms with Crippen LogP contribution in [-0.4, -0.2) is 31.3 Å². The number of hydrogen-bond acceptors (Lipinski definition) is 3. The summed E-state index contributed by atoms with van der Waals surface area (Å²) in [6, 6.07) is 4.62. The molecule has 0 unspecified atom stereocenters. The van der Waals surface area contributed by atoms with Crippen LogP contribution < -0.4 is 15.4 Å². The summed E-state index contributed by atoms with van der Waals surface area (Å²) in [5.74, 6) is -0.118. The van der Waals surface area contributed by atoms with Gasteiger partial charge in [0.15, 0.2) is 0 Å². The third kappa shape index (κ3) is 7.19. The van der Waals surface area contributed by atoms with Crippen molar-refractivity contribution in [3.63, 3.8) is 0 Å². The van der Waals surface area contributed by atoms with Gasteiger partial charge in [0.1, 0.15) is 5.75 Å². The van der Waals surface area contributed by atoms with Crippen LogP contribution in [0.4, 0.5) is 18.9 Å². The lowest BCUT2D eigenvalue weighted by molar-refractivity contribution is -0.126. The summed E-state index contributed by atoms with van der Waals surface area (Å²) >= 11 is 5.98. The zero-order chi connectivity index (χ0) is 16.0. The van der Waals surface area contributed by atoms with Crippen molar-refractivity contribution in [2.45, 2.75) is 26.1 Å². The third-order valence-corrected chi connectivity index (χ3v) is 2.48. The molecule has 0 radical (unpaired) electrons. The normalized spacial score (nSPS) is 11.6. The maximum atomic E-state index is 11.9. The van der Waals surface area contributed by atoms with Gasteiger partial charge < -0.3 is 15.4 Å². The van der Waals surface area contributed by atoms with E-state index in [1.165, 1.54) is 6.07 Å². The molecule has 0 bridgehead atoms. The minimum Gasteiger partial charge on any atom is -0.489 e. The number of halogens is 4. The number of rotatable bonds is 6. The molecule has 1 aromatic rings. The van der Waals surface area contributed by atoms with Gasteiger partial charge in [0.05, 0.1) is 24.2 Å². The average Bonchev–Trinajstić information content (AvgIpc) is 2.30. The summed E-state index contributed by atoms with van der Waals surface area (Å²) in [5.41, 5.74) is 0.384. The highest BCUT2D eigenvalue weighted by Crippen LogP contribution is 2.28. The molecule has 4 nitrogen and oxygen atoms in total. The van der Waals surface area contributed by atoms with Gasteiger partial charge >= 0.3 is 6.18 Å². The Bertz CT molecular complexity index is 493. The molecule has 118 valence electrons. The largest absolute Gasteiger partial charge is 0.489 e. The lowest BCUT2D eigenvalue weighted by atomic mass is 10.3. The molecule has 1 rings (SSSR count). The molecule has 0 fully saturated rings. The molecule has 0 aliphatic heterocycles. The number of hydrogen-bond donors (Lipinski definition) is 2. The minimum absolute atomic E-state index is 0.0468. The second-order valence-corrected chi connectivity index (χ2v) is 4.99. The van der Waals surface area contributed by atoms with Gasteiger partial charge in [-0.25, -0.2) is 0 Å². The van der Waals surface area contributed by atoms with Crippen LogP contribution in [0.5, 0.6) is 5.75 Å². The van der Waals surface area contributed by atoms with Crippen LogP contribution in [-0.2, 0) is 4.79 Å². The molecule has 1 aromatic carbocycles. The van der Waals surface area contributed by atoms with Gasteiger partial charge in [-0.3, -0.25) is 4.79 Å². The van der Waals surface area contributed by atoms with Crippen LogP contribution in [0.2, 0.25) is 5.02 Å². The molecule has 0 spiro atoms. The van der Waals surface area contributed by atoms with E-state index in [0.29, 0.717) is 16.5 Å². The van der Waals surface area contributed by atoms with E-state index in [9.17, 15) is 18.0 Å². The predicted molar refractivity (Wildman–Crippen MR) is 74.8 cm³/mol. The first kappa shape index (κ1) is 17.6. The van der Waals surface area contributed by atoms with Crippen LogP contribution in [0.15, 0.2) is 18.2 Å². The van der Waals surface area contributed by atoms with Crippen molar-refractivity contribution in [2.24, 2.45) is 0 Å². The maximum Gasteiger partial charge on any atom is 0.401 e. The van der Waals surface area contributed by atoms with Gasteiger partial charge in [-0.2, -0.15) is 13.2 Å². The van der Waals surface area contributed by atoms with E-state index in [-0.39, 0.29) is 6.10 Å². The molecule has 0 heterocycles. The van der Waals surface area contributed by atoms with Crippen molar-refractivity contribution in [3.8, 4) is 5.75 Å². The predicted octanol–water partition coefficient (Wildman–Crippen LogP) is 3.22. The Kier molecular flexibility index (Phi) is 6.29. The van der Waals surface area contributed by atoms with E-state index in [4.69, 9.17) is 16.3 Å². The van der Waals surface area contributed by atoms with Crippen molar-refractivity contribution in [2.75, 3.05) is 18.4 Å².